The molecule has 2 amide bonds. The molecule has 7 heteroatoms. The number of nitrogens with zero attached hydrogens (tertiary/aromatic N) is 3. The molecule has 4 rings (SSSR count). The highest BCUT2D eigenvalue weighted by molar-refractivity contribution is 5.92. The second-order valence-electron chi connectivity index (χ2n) is 9.65. The molecule has 0 bridgehead atoms. The van der Waals surface area contributed by atoms with Gasteiger partial charge in [-0.15, -0.1) is 0 Å². The first-order chi connectivity index (χ1) is 15.0. The summed E-state index contributed by atoms with van der Waals surface area (Å²) in [6.45, 7) is 5.17. The molecule has 0 radical (unpaired) electrons. The number of aromatic nitrogens is 1. The SMILES string of the molecule is CN1CCC(CC(=O)N2CCC3(CC2)CC(CNC(=O)c2ccccn2)CCO3)CC1. The van der Waals surface area contributed by atoms with E-state index >= 15 is 0 Å². The molecular weight excluding hydrogens is 392 g/mol. The van der Waals surface area contributed by atoms with Gasteiger partial charge in [-0.25, -0.2) is 0 Å². The van der Waals surface area contributed by atoms with E-state index in [-0.39, 0.29) is 11.5 Å². The molecule has 1 N–H and O–H groups in total. The minimum Gasteiger partial charge on any atom is -0.375 e. The molecule has 3 aliphatic heterocycles. The predicted molar refractivity (Wildman–Crippen MR) is 119 cm³/mol. The normalized spacial score (nSPS) is 24.8. The molecule has 0 aromatic carbocycles. The summed E-state index contributed by atoms with van der Waals surface area (Å²) in [5, 5.41) is 3.04. The number of hydrogen-bond donors (Lipinski definition) is 1. The summed E-state index contributed by atoms with van der Waals surface area (Å²) in [5.41, 5.74) is 0.323. The number of hydrogen-bond acceptors (Lipinski definition) is 5. The van der Waals surface area contributed by atoms with Crippen LogP contribution in [-0.4, -0.2) is 78.6 Å². The van der Waals surface area contributed by atoms with E-state index in [4.69, 9.17) is 4.74 Å². The van der Waals surface area contributed by atoms with Gasteiger partial charge in [-0.05, 0) is 82.6 Å². The van der Waals surface area contributed by atoms with Crippen LogP contribution in [0.5, 0.6) is 0 Å². The molecule has 1 atom stereocenters. The lowest BCUT2D eigenvalue weighted by molar-refractivity contribution is -0.147. The Labute approximate surface area is 185 Å². The van der Waals surface area contributed by atoms with Crippen LogP contribution in [0.15, 0.2) is 24.4 Å². The molecule has 0 aliphatic carbocycles. The van der Waals surface area contributed by atoms with Gasteiger partial charge in [0.15, 0.2) is 0 Å². The average molecular weight is 429 g/mol. The number of pyridine rings is 1. The molecule has 0 saturated carbocycles. The van der Waals surface area contributed by atoms with Crippen molar-refractivity contribution in [2.24, 2.45) is 11.8 Å². The maximum atomic E-state index is 12.8. The number of likely N-dealkylation sites (tertiary alicyclic amines) is 2. The molecule has 3 saturated heterocycles. The van der Waals surface area contributed by atoms with E-state index < -0.39 is 0 Å². The van der Waals surface area contributed by atoms with Crippen LogP contribution in [0, 0.1) is 11.8 Å². The molecule has 1 spiro atoms. The summed E-state index contributed by atoms with van der Waals surface area (Å²) >= 11 is 0. The van der Waals surface area contributed by atoms with Crippen LogP contribution in [0.1, 0.15) is 55.4 Å². The fourth-order valence-electron chi connectivity index (χ4n) is 5.28. The number of carbonyl (C=O) groups excluding carboxylic acids is 2. The van der Waals surface area contributed by atoms with Crippen LogP contribution in [0.4, 0.5) is 0 Å². The highest BCUT2D eigenvalue weighted by Crippen LogP contribution is 2.37. The first kappa shape index (κ1) is 22.2. The maximum absolute atomic E-state index is 12.8. The minimum atomic E-state index is -0.136. The minimum absolute atomic E-state index is 0.115. The Morgan fingerprint density at radius 3 is 2.61 bits per heavy atom. The van der Waals surface area contributed by atoms with Gasteiger partial charge in [0.1, 0.15) is 5.69 Å². The summed E-state index contributed by atoms with van der Waals surface area (Å²) in [4.78, 5) is 33.6. The van der Waals surface area contributed by atoms with Gasteiger partial charge in [-0.3, -0.25) is 14.6 Å². The van der Waals surface area contributed by atoms with E-state index in [9.17, 15) is 9.59 Å². The Bertz CT molecular complexity index is 740. The van der Waals surface area contributed by atoms with E-state index in [1.807, 2.05) is 12.1 Å². The van der Waals surface area contributed by atoms with Gasteiger partial charge in [0.2, 0.25) is 5.91 Å². The Hall–Kier alpha value is -1.99. The fraction of sp³-hybridized carbons (Fsp3) is 0.708. The highest BCUT2D eigenvalue weighted by Gasteiger charge is 2.41. The van der Waals surface area contributed by atoms with Crippen molar-refractivity contribution in [3.8, 4) is 0 Å². The van der Waals surface area contributed by atoms with Crippen LogP contribution in [0.3, 0.4) is 0 Å². The number of carbonyl (C=O) groups is 2. The third-order valence-corrected chi connectivity index (χ3v) is 7.37. The third-order valence-electron chi connectivity index (χ3n) is 7.37. The molecule has 1 aromatic rings. The number of nitrogens with one attached hydrogen (secondary N) is 1. The molecule has 31 heavy (non-hydrogen) atoms. The first-order valence-corrected chi connectivity index (χ1v) is 11.8. The molecule has 1 unspecified atom stereocenters. The van der Waals surface area contributed by atoms with Crippen molar-refractivity contribution < 1.29 is 14.3 Å². The largest absolute Gasteiger partial charge is 0.375 e. The molecule has 170 valence electrons. The lowest BCUT2D eigenvalue weighted by Gasteiger charge is -2.46. The zero-order chi connectivity index (χ0) is 21.7. The van der Waals surface area contributed by atoms with E-state index in [1.165, 1.54) is 0 Å². The van der Waals surface area contributed by atoms with Crippen LogP contribution < -0.4 is 5.32 Å². The second-order valence-corrected chi connectivity index (χ2v) is 9.65. The number of rotatable bonds is 5. The first-order valence-electron chi connectivity index (χ1n) is 11.8. The molecule has 3 aliphatic rings. The van der Waals surface area contributed by atoms with Crippen molar-refractivity contribution in [3.05, 3.63) is 30.1 Å². The van der Waals surface area contributed by atoms with Gasteiger partial charge in [-0.2, -0.15) is 0 Å². The molecule has 3 fully saturated rings. The number of amides is 2. The van der Waals surface area contributed by atoms with E-state index in [0.717, 1.165) is 71.3 Å². The Kier molecular flexibility index (Phi) is 7.23. The van der Waals surface area contributed by atoms with Crippen molar-refractivity contribution in [2.45, 2.75) is 50.5 Å². The lowest BCUT2D eigenvalue weighted by atomic mass is 9.79. The van der Waals surface area contributed by atoms with Crippen LogP contribution in [0.2, 0.25) is 0 Å². The number of ether oxygens (including phenoxy) is 1. The summed E-state index contributed by atoms with van der Waals surface area (Å²) in [6.07, 6.45) is 8.32. The highest BCUT2D eigenvalue weighted by atomic mass is 16.5. The summed E-state index contributed by atoms with van der Waals surface area (Å²) < 4.78 is 6.25. The van der Waals surface area contributed by atoms with E-state index in [2.05, 4.69) is 27.1 Å². The summed E-state index contributed by atoms with van der Waals surface area (Å²) in [7, 11) is 2.16. The van der Waals surface area contributed by atoms with E-state index in [1.54, 1.807) is 12.3 Å². The monoisotopic (exact) mass is 428 g/mol. The van der Waals surface area contributed by atoms with Crippen LogP contribution in [0.25, 0.3) is 0 Å². The zero-order valence-electron chi connectivity index (χ0n) is 18.7. The number of piperidine rings is 2. The van der Waals surface area contributed by atoms with Gasteiger partial charge in [-0.1, -0.05) is 6.07 Å². The fourth-order valence-corrected chi connectivity index (χ4v) is 5.28. The zero-order valence-corrected chi connectivity index (χ0v) is 18.7. The van der Waals surface area contributed by atoms with Gasteiger partial charge in [0, 0.05) is 38.9 Å². The maximum Gasteiger partial charge on any atom is 0.269 e. The van der Waals surface area contributed by atoms with Gasteiger partial charge >= 0.3 is 0 Å². The summed E-state index contributed by atoms with van der Waals surface area (Å²) in [5.74, 6) is 1.15. The molecule has 1 aromatic heterocycles. The Morgan fingerprint density at radius 2 is 1.90 bits per heavy atom. The standard InChI is InChI=1S/C24H36N4O3/c1-27-11-5-19(6-12-27)16-22(29)28-13-8-24(9-14-28)17-20(7-15-31-24)18-26-23(30)21-4-2-3-10-25-21/h2-4,10,19-20H,5-9,11-18H2,1H3,(H,26,30). The summed E-state index contributed by atoms with van der Waals surface area (Å²) in [6, 6.07) is 5.37. The quantitative estimate of drug-likeness (QED) is 0.779. The molecule has 7 nitrogen and oxygen atoms in total. The molecular formula is C24H36N4O3. The molecule has 4 heterocycles. The second kappa shape index (κ2) is 10.1. The van der Waals surface area contributed by atoms with E-state index in [0.29, 0.717) is 36.4 Å². The topological polar surface area (TPSA) is 74.8 Å². The smallest absolute Gasteiger partial charge is 0.269 e. The van der Waals surface area contributed by atoms with Crippen molar-refractivity contribution in [3.63, 3.8) is 0 Å². The van der Waals surface area contributed by atoms with Crippen LogP contribution >= 0.6 is 0 Å². The van der Waals surface area contributed by atoms with Crippen molar-refractivity contribution in [1.82, 2.24) is 20.1 Å². The van der Waals surface area contributed by atoms with Crippen molar-refractivity contribution >= 4 is 11.8 Å². The lowest BCUT2D eigenvalue weighted by Crippen LogP contribution is -2.52. The van der Waals surface area contributed by atoms with Crippen LogP contribution in [-0.2, 0) is 9.53 Å². The Balaban J connectivity index is 1.22. The predicted octanol–water partition coefficient (Wildman–Crippen LogP) is 2.33. The van der Waals surface area contributed by atoms with Gasteiger partial charge in [0.25, 0.3) is 5.91 Å². The Morgan fingerprint density at radius 1 is 1.13 bits per heavy atom. The van der Waals surface area contributed by atoms with Crippen molar-refractivity contribution in [2.75, 3.05) is 46.4 Å². The third kappa shape index (κ3) is 5.83. The van der Waals surface area contributed by atoms with Gasteiger partial charge in [0.05, 0.1) is 5.60 Å². The van der Waals surface area contributed by atoms with Crippen molar-refractivity contribution in [1.29, 1.82) is 0 Å². The average Bonchev–Trinajstić information content (AvgIpc) is 2.80. The van der Waals surface area contributed by atoms with Gasteiger partial charge < -0.3 is 19.9 Å².